The summed E-state index contributed by atoms with van der Waals surface area (Å²) in [6.07, 6.45) is 4.94. The molecule has 0 saturated carbocycles. The molecular weight excluding hydrogens is 346 g/mol. The first-order valence-electron chi connectivity index (χ1n) is 8.99. The van der Waals surface area contributed by atoms with Crippen molar-refractivity contribution in [3.8, 4) is 11.5 Å². The van der Waals surface area contributed by atoms with Crippen LogP contribution >= 0.6 is 0 Å². The molecule has 0 fully saturated rings. The van der Waals surface area contributed by atoms with Crippen LogP contribution in [-0.4, -0.2) is 32.6 Å². The number of esters is 1. The zero-order chi connectivity index (χ0) is 19.9. The van der Waals surface area contributed by atoms with Gasteiger partial charge in [0.2, 0.25) is 0 Å². The summed E-state index contributed by atoms with van der Waals surface area (Å²) in [5.74, 6) is 0.731. The van der Waals surface area contributed by atoms with Gasteiger partial charge in [0.1, 0.15) is 0 Å². The monoisotopic (exact) mass is 373 g/mol. The van der Waals surface area contributed by atoms with Crippen LogP contribution in [0.3, 0.4) is 0 Å². The van der Waals surface area contributed by atoms with Gasteiger partial charge in [-0.05, 0) is 38.3 Å². The first kappa shape index (κ1) is 20.6. The molecule has 0 amide bonds. The Labute approximate surface area is 160 Å². The predicted octanol–water partition coefficient (Wildman–Crippen LogP) is 3.88. The first-order chi connectivity index (χ1) is 13.0. The number of ketones is 1. The molecule has 0 aromatic heterocycles. The molecular formula is C21H27NO5. The number of anilines is 1. The maximum atomic E-state index is 12.9. The number of carbonyl (C=O) groups is 2. The number of hydrogen-bond donors (Lipinski definition) is 1. The number of ether oxygens (including phenoxy) is 3. The van der Waals surface area contributed by atoms with Crippen LogP contribution < -0.4 is 14.8 Å². The zero-order valence-corrected chi connectivity index (χ0v) is 16.2. The third-order valence-corrected chi connectivity index (χ3v) is 4.72. The van der Waals surface area contributed by atoms with Crippen molar-refractivity contribution in [2.24, 2.45) is 5.41 Å². The fourth-order valence-corrected chi connectivity index (χ4v) is 3.35. The second-order valence-electron chi connectivity index (χ2n) is 6.45. The quantitative estimate of drug-likeness (QED) is 0.523. The predicted molar refractivity (Wildman–Crippen MR) is 104 cm³/mol. The van der Waals surface area contributed by atoms with E-state index >= 15 is 0 Å². The van der Waals surface area contributed by atoms with Crippen LogP contribution in [0.5, 0.6) is 11.5 Å². The summed E-state index contributed by atoms with van der Waals surface area (Å²) in [5, 5.41) is 3.26. The van der Waals surface area contributed by atoms with E-state index in [9.17, 15) is 9.59 Å². The van der Waals surface area contributed by atoms with E-state index in [4.69, 9.17) is 14.2 Å². The third kappa shape index (κ3) is 4.70. The van der Waals surface area contributed by atoms with E-state index in [0.717, 1.165) is 11.4 Å². The number of rotatable bonds is 9. The van der Waals surface area contributed by atoms with Gasteiger partial charge in [0.25, 0.3) is 0 Å². The molecule has 6 nitrogen and oxygen atoms in total. The van der Waals surface area contributed by atoms with Crippen molar-refractivity contribution in [1.82, 2.24) is 0 Å². The molecule has 0 heterocycles. The maximum absolute atomic E-state index is 12.9. The number of methoxy groups -OCH3 is 2. The van der Waals surface area contributed by atoms with Crippen LogP contribution in [0.2, 0.25) is 0 Å². The Kier molecular flexibility index (Phi) is 7.05. The molecule has 0 bridgehead atoms. The van der Waals surface area contributed by atoms with Crippen LogP contribution in [0.25, 0.3) is 0 Å². The Morgan fingerprint density at radius 2 is 2.11 bits per heavy atom. The molecule has 1 aliphatic rings. The topological polar surface area (TPSA) is 73.9 Å². The van der Waals surface area contributed by atoms with E-state index in [1.807, 2.05) is 12.1 Å². The molecule has 1 aromatic carbocycles. The molecule has 0 radical (unpaired) electrons. The summed E-state index contributed by atoms with van der Waals surface area (Å²) in [4.78, 5) is 24.9. The van der Waals surface area contributed by atoms with E-state index in [1.165, 1.54) is 0 Å². The lowest BCUT2D eigenvalue weighted by Crippen LogP contribution is -2.36. The van der Waals surface area contributed by atoms with E-state index < -0.39 is 5.41 Å². The maximum Gasteiger partial charge on any atom is 0.306 e. The number of allylic oxidation sites excluding steroid dienone is 3. The molecule has 0 saturated heterocycles. The SMILES string of the molecule is C=CC[C@]1(CC(=O)OCC)CCC(Nc2cccc(OC)c2OC)=CC1=O. The summed E-state index contributed by atoms with van der Waals surface area (Å²) in [6.45, 7) is 5.80. The van der Waals surface area contributed by atoms with Crippen molar-refractivity contribution in [1.29, 1.82) is 0 Å². The Morgan fingerprint density at radius 3 is 2.70 bits per heavy atom. The van der Waals surface area contributed by atoms with Crippen LogP contribution in [-0.2, 0) is 14.3 Å². The van der Waals surface area contributed by atoms with Gasteiger partial charge in [0.15, 0.2) is 17.3 Å². The van der Waals surface area contributed by atoms with Gasteiger partial charge in [-0.15, -0.1) is 6.58 Å². The molecule has 6 heteroatoms. The molecule has 1 aliphatic carbocycles. The lowest BCUT2D eigenvalue weighted by atomic mass is 9.70. The van der Waals surface area contributed by atoms with E-state index in [1.54, 1.807) is 39.4 Å². The number of carbonyl (C=O) groups excluding carboxylic acids is 2. The van der Waals surface area contributed by atoms with Gasteiger partial charge >= 0.3 is 5.97 Å². The molecule has 0 aliphatic heterocycles. The Hall–Kier alpha value is -2.76. The minimum atomic E-state index is -0.780. The summed E-state index contributed by atoms with van der Waals surface area (Å²) < 4.78 is 15.8. The lowest BCUT2D eigenvalue weighted by Gasteiger charge is -2.33. The van der Waals surface area contributed by atoms with E-state index in [2.05, 4.69) is 11.9 Å². The van der Waals surface area contributed by atoms with E-state index in [-0.39, 0.29) is 18.2 Å². The van der Waals surface area contributed by atoms with Crippen molar-refractivity contribution in [2.45, 2.75) is 32.6 Å². The van der Waals surface area contributed by atoms with Crippen LogP contribution in [0.15, 0.2) is 42.6 Å². The molecule has 1 N–H and O–H groups in total. The largest absolute Gasteiger partial charge is 0.493 e. The minimum absolute atomic E-state index is 0.0674. The number of hydrogen-bond acceptors (Lipinski definition) is 6. The first-order valence-corrected chi connectivity index (χ1v) is 8.99. The molecule has 146 valence electrons. The Morgan fingerprint density at radius 1 is 1.33 bits per heavy atom. The van der Waals surface area contributed by atoms with Gasteiger partial charge in [0, 0.05) is 17.2 Å². The summed E-state index contributed by atoms with van der Waals surface area (Å²) in [6, 6.07) is 5.51. The van der Waals surface area contributed by atoms with Crippen molar-refractivity contribution in [3.05, 3.63) is 42.6 Å². The number of nitrogens with one attached hydrogen (secondary N) is 1. The minimum Gasteiger partial charge on any atom is -0.493 e. The zero-order valence-electron chi connectivity index (χ0n) is 16.2. The normalized spacial score (nSPS) is 19.1. The van der Waals surface area contributed by atoms with Crippen molar-refractivity contribution in [3.63, 3.8) is 0 Å². The van der Waals surface area contributed by atoms with Crippen molar-refractivity contribution >= 4 is 17.4 Å². The van der Waals surface area contributed by atoms with Crippen LogP contribution in [0.1, 0.15) is 32.6 Å². The molecule has 1 atom stereocenters. The highest BCUT2D eigenvalue weighted by Gasteiger charge is 2.41. The molecule has 0 unspecified atom stereocenters. The van der Waals surface area contributed by atoms with Gasteiger partial charge in [0.05, 0.1) is 32.9 Å². The molecule has 1 aromatic rings. The fraction of sp³-hybridized carbons (Fsp3) is 0.429. The van der Waals surface area contributed by atoms with Gasteiger partial charge in [-0.3, -0.25) is 9.59 Å². The number of para-hydroxylation sites is 1. The van der Waals surface area contributed by atoms with Crippen LogP contribution in [0, 0.1) is 5.41 Å². The van der Waals surface area contributed by atoms with Gasteiger partial charge in [-0.1, -0.05) is 12.1 Å². The lowest BCUT2D eigenvalue weighted by molar-refractivity contribution is -0.149. The van der Waals surface area contributed by atoms with Crippen molar-refractivity contribution < 1.29 is 23.8 Å². The highest BCUT2D eigenvalue weighted by molar-refractivity contribution is 5.99. The van der Waals surface area contributed by atoms with E-state index in [0.29, 0.717) is 37.4 Å². The molecule has 0 spiro atoms. The Balaban J connectivity index is 2.23. The molecule has 2 rings (SSSR count). The van der Waals surface area contributed by atoms with Gasteiger partial charge in [-0.2, -0.15) is 0 Å². The van der Waals surface area contributed by atoms with Gasteiger partial charge < -0.3 is 19.5 Å². The third-order valence-electron chi connectivity index (χ3n) is 4.72. The Bertz CT molecular complexity index is 740. The molecule has 27 heavy (non-hydrogen) atoms. The fourth-order valence-electron chi connectivity index (χ4n) is 3.35. The summed E-state index contributed by atoms with van der Waals surface area (Å²) >= 11 is 0. The second kappa shape index (κ2) is 9.26. The standard InChI is InChI=1S/C21H27NO5/c1-5-11-21(14-19(24)27-6-2)12-10-15(13-18(21)23)22-16-8-7-9-17(25-3)20(16)26-4/h5,7-9,13,22H,1,6,10-12,14H2,2-4H3/t21-/m1/s1. The summed E-state index contributed by atoms with van der Waals surface area (Å²) in [5.41, 5.74) is 0.713. The average Bonchev–Trinajstić information content (AvgIpc) is 2.65. The van der Waals surface area contributed by atoms with Crippen molar-refractivity contribution in [2.75, 3.05) is 26.1 Å². The average molecular weight is 373 g/mol. The smallest absolute Gasteiger partial charge is 0.306 e. The number of benzene rings is 1. The second-order valence-corrected chi connectivity index (χ2v) is 6.45. The highest BCUT2D eigenvalue weighted by atomic mass is 16.5. The van der Waals surface area contributed by atoms with Gasteiger partial charge in [-0.25, -0.2) is 0 Å². The van der Waals surface area contributed by atoms with Crippen LogP contribution in [0.4, 0.5) is 5.69 Å². The summed E-state index contributed by atoms with van der Waals surface area (Å²) in [7, 11) is 3.14. The highest BCUT2D eigenvalue weighted by Crippen LogP contribution is 2.41.